The molecule has 0 fully saturated rings. The Morgan fingerprint density at radius 2 is 2.06 bits per heavy atom. The quantitative estimate of drug-likeness (QED) is 0.590. The number of hydrogen-bond acceptors (Lipinski definition) is 5. The van der Waals surface area contributed by atoms with Gasteiger partial charge in [0.25, 0.3) is 11.2 Å². The van der Waals surface area contributed by atoms with E-state index in [0.717, 1.165) is 12.1 Å². The molecule has 0 atom stereocenters. The number of nitrogens with zero attached hydrogens (tertiary/aromatic N) is 2. The highest BCUT2D eigenvalue weighted by atomic mass is 16.6. The van der Waals surface area contributed by atoms with Crippen molar-refractivity contribution in [1.82, 2.24) is 4.74 Å². The van der Waals surface area contributed by atoms with E-state index in [-0.39, 0.29) is 22.2 Å². The molecule has 2 aromatic rings. The summed E-state index contributed by atoms with van der Waals surface area (Å²) in [5.41, 5.74) is -1.45. The number of rotatable bonds is 2. The Bertz CT molecular complexity index is 784. The van der Waals surface area contributed by atoms with Gasteiger partial charge in [0.2, 0.25) is 0 Å². The van der Waals surface area contributed by atoms with Crippen LogP contribution in [-0.2, 0) is 0 Å². The lowest BCUT2D eigenvalue weighted by Gasteiger charge is -2.03. The van der Waals surface area contributed by atoms with Gasteiger partial charge < -0.3 is 4.52 Å². The summed E-state index contributed by atoms with van der Waals surface area (Å²) >= 11 is 0. The van der Waals surface area contributed by atoms with Crippen LogP contribution in [0.4, 0.5) is 5.69 Å². The van der Waals surface area contributed by atoms with Crippen LogP contribution in [0.1, 0.15) is 6.92 Å². The van der Waals surface area contributed by atoms with E-state index in [1.807, 2.05) is 0 Å². The lowest BCUT2D eigenvalue weighted by Crippen LogP contribution is -2.23. The molecule has 92 valence electrons. The molecule has 7 nitrogen and oxygen atoms in total. The molecule has 7 heteroatoms. The molecule has 0 saturated carbocycles. The summed E-state index contributed by atoms with van der Waals surface area (Å²) in [7, 11) is 0. The summed E-state index contributed by atoms with van der Waals surface area (Å²) < 4.78 is 5.48. The topological polar surface area (TPSA) is 95.3 Å². The van der Waals surface area contributed by atoms with Gasteiger partial charge in [-0.05, 0) is 13.0 Å². The molecule has 0 bridgehead atoms. The first-order valence-electron chi connectivity index (χ1n) is 4.92. The summed E-state index contributed by atoms with van der Waals surface area (Å²) in [6, 6.07) is 3.39. The summed E-state index contributed by atoms with van der Waals surface area (Å²) in [6.45, 7) is 4.97. The maximum absolute atomic E-state index is 11.9. The molecule has 0 aliphatic rings. The third kappa shape index (κ3) is 1.71. The van der Waals surface area contributed by atoms with Crippen molar-refractivity contribution in [2.75, 3.05) is 0 Å². The zero-order chi connectivity index (χ0) is 13.4. The third-order valence-corrected chi connectivity index (χ3v) is 2.37. The molecule has 0 radical (unpaired) electrons. The predicted octanol–water partition coefficient (Wildman–Crippen LogP) is 1.35. The fourth-order valence-corrected chi connectivity index (χ4v) is 1.53. The molecule has 0 unspecified atom stereocenters. The number of hydrogen-bond donors (Lipinski definition) is 0. The van der Waals surface area contributed by atoms with Gasteiger partial charge in [-0.15, -0.1) is 4.74 Å². The minimum Gasteiger partial charge on any atom is -0.328 e. The van der Waals surface area contributed by atoms with E-state index >= 15 is 0 Å². The van der Waals surface area contributed by atoms with E-state index in [9.17, 15) is 19.7 Å². The van der Waals surface area contributed by atoms with Crippen LogP contribution in [0.5, 0.6) is 0 Å². The second-order valence-electron chi connectivity index (χ2n) is 3.70. The normalized spacial score (nSPS) is 10.5. The standard InChI is InChI=1S/C11H8N2O5/c1-6(2)12-10(14)9-5-7(13(16)17)3-4-8(9)11(15)18-12/h3-5H,1H2,2H3. The zero-order valence-corrected chi connectivity index (χ0v) is 9.37. The molecular formula is C11H8N2O5. The largest absolute Gasteiger partial charge is 0.364 e. The average Bonchev–Trinajstić information content (AvgIpc) is 2.32. The first-order valence-corrected chi connectivity index (χ1v) is 4.92. The van der Waals surface area contributed by atoms with Gasteiger partial charge in [0.15, 0.2) is 0 Å². The van der Waals surface area contributed by atoms with E-state index in [0.29, 0.717) is 4.74 Å². The molecule has 0 N–H and O–H groups in total. The maximum atomic E-state index is 11.9. The highest BCUT2D eigenvalue weighted by Crippen LogP contribution is 2.15. The van der Waals surface area contributed by atoms with Gasteiger partial charge in [0.1, 0.15) is 0 Å². The van der Waals surface area contributed by atoms with Gasteiger partial charge in [-0.3, -0.25) is 14.9 Å². The van der Waals surface area contributed by atoms with E-state index < -0.39 is 16.1 Å². The molecule has 1 aromatic heterocycles. The van der Waals surface area contributed by atoms with Crippen molar-refractivity contribution in [3.05, 3.63) is 55.7 Å². The number of aromatic nitrogens is 1. The van der Waals surface area contributed by atoms with Crippen LogP contribution in [0.25, 0.3) is 16.5 Å². The molecule has 0 amide bonds. The third-order valence-electron chi connectivity index (χ3n) is 2.37. The number of benzene rings is 1. The van der Waals surface area contributed by atoms with E-state index in [1.54, 1.807) is 0 Å². The van der Waals surface area contributed by atoms with Gasteiger partial charge in [-0.2, -0.15) is 0 Å². The van der Waals surface area contributed by atoms with E-state index in [1.165, 1.54) is 13.0 Å². The lowest BCUT2D eigenvalue weighted by atomic mass is 10.2. The van der Waals surface area contributed by atoms with Crippen molar-refractivity contribution < 1.29 is 9.45 Å². The maximum Gasteiger partial charge on any atom is 0.364 e. The second-order valence-corrected chi connectivity index (χ2v) is 3.70. The van der Waals surface area contributed by atoms with Crippen LogP contribution in [0, 0.1) is 10.1 Å². The SMILES string of the molecule is C=C(C)n1oc(=O)c2ccc([N+](=O)[O-])cc2c1=O. The Morgan fingerprint density at radius 1 is 1.39 bits per heavy atom. The van der Waals surface area contributed by atoms with Gasteiger partial charge in [0.05, 0.1) is 21.4 Å². The number of fused-ring (bicyclic) bond motifs is 1. The lowest BCUT2D eigenvalue weighted by molar-refractivity contribution is -0.384. The highest BCUT2D eigenvalue weighted by molar-refractivity contribution is 5.82. The monoisotopic (exact) mass is 248 g/mol. The average molecular weight is 248 g/mol. The molecule has 0 aliphatic carbocycles. The number of allylic oxidation sites excluding steroid dienone is 1. The van der Waals surface area contributed by atoms with Gasteiger partial charge in [0, 0.05) is 12.1 Å². The number of nitro groups is 1. The molecule has 1 heterocycles. The summed E-state index contributed by atoms with van der Waals surface area (Å²) in [5, 5.41) is 10.6. The number of non-ortho nitro benzene ring substituents is 1. The summed E-state index contributed by atoms with van der Waals surface area (Å²) in [6.07, 6.45) is 0. The van der Waals surface area contributed by atoms with Crippen molar-refractivity contribution in [1.29, 1.82) is 0 Å². The van der Waals surface area contributed by atoms with Crippen molar-refractivity contribution in [3.63, 3.8) is 0 Å². The molecule has 0 aliphatic heterocycles. The highest BCUT2D eigenvalue weighted by Gasteiger charge is 2.14. The van der Waals surface area contributed by atoms with Crippen molar-refractivity contribution in [3.8, 4) is 0 Å². The molecule has 1 aromatic carbocycles. The van der Waals surface area contributed by atoms with Crippen LogP contribution in [0.2, 0.25) is 0 Å². The summed E-state index contributed by atoms with van der Waals surface area (Å²) in [4.78, 5) is 33.5. The smallest absolute Gasteiger partial charge is 0.328 e. The first-order chi connectivity index (χ1) is 8.41. The van der Waals surface area contributed by atoms with Crippen LogP contribution in [-0.4, -0.2) is 9.66 Å². The molecule has 2 rings (SSSR count). The Hall–Kier alpha value is -2.70. The minimum absolute atomic E-state index is 0.00287. The first kappa shape index (κ1) is 11.8. The van der Waals surface area contributed by atoms with Crippen LogP contribution in [0.15, 0.2) is 38.9 Å². The van der Waals surface area contributed by atoms with Crippen molar-refractivity contribution in [2.24, 2.45) is 0 Å². The minimum atomic E-state index is -0.748. The van der Waals surface area contributed by atoms with Crippen LogP contribution < -0.4 is 11.2 Å². The van der Waals surface area contributed by atoms with Crippen LogP contribution in [0.3, 0.4) is 0 Å². The molecule has 18 heavy (non-hydrogen) atoms. The Morgan fingerprint density at radius 3 is 2.61 bits per heavy atom. The Balaban J connectivity index is 2.96. The van der Waals surface area contributed by atoms with Crippen molar-refractivity contribution in [2.45, 2.75) is 6.92 Å². The second kappa shape index (κ2) is 3.95. The van der Waals surface area contributed by atoms with Crippen molar-refractivity contribution >= 4 is 22.2 Å². The molecular weight excluding hydrogens is 240 g/mol. The Kier molecular flexibility index (Phi) is 2.59. The van der Waals surface area contributed by atoms with Gasteiger partial charge in [-0.1, -0.05) is 6.58 Å². The van der Waals surface area contributed by atoms with Gasteiger partial charge >= 0.3 is 5.63 Å². The van der Waals surface area contributed by atoms with E-state index in [2.05, 4.69) is 6.58 Å². The van der Waals surface area contributed by atoms with E-state index in [4.69, 9.17) is 4.52 Å². The predicted molar refractivity (Wildman–Crippen MR) is 64.4 cm³/mol. The Labute approximate surface area is 99.7 Å². The zero-order valence-electron chi connectivity index (χ0n) is 9.37. The molecule has 0 spiro atoms. The summed E-state index contributed by atoms with van der Waals surface area (Å²) in [5.74, 6) is 0. The fraction of sp³-hybridized carbons (Fsp3) is 0.0909. The number of nitro benzene ring substituents is 1. The molecule has 0 saturated heterocycles. The van der Waals surface area contributed by atoms with Gasteiger partial charge in [-0.25, -0.2) is 4.79 Å². The fourth-order valence-electron chi connectivity index (χ4n) is 1.53. The van der Waals surface area contributed by atoms with Crippen LogP contribution >= 0.6 is 0 Å².